The van der Waals surface area contributed by atoms with Crippen LogP contribution >= 0.6 is 0 Å². The molecule has 1 aromatic heterocycles. The second-order valence-corrected chi connectivity index (χ2v) is 7.29. The summed E-state index contributed by atoms with van der Waals surface area (Å²) in [5.41, 5.74) is 0.820. The molecule has 0 aromatic carbocycles. The highest BCUT2D eigenvalue weighted by molar-refractivity contribution is 6.02. The Bertz CT molecular complexity index is 593. The Morgan fingerprint density at radius 1 is 1.43 bits per heavy atom. The molecular weight excluding hydrogens is 292 g/mol. The molecule has 0 bridgehead atoms. The van der Waals surface area contributed by atoms with E-state index in [-0.39, 0.29) is 23.1 Å². The highest BCUT2D eigenvalue weighted by atomic mass is 16.2. The fourth-order valence-corrected chi connectivity index (χ4v) is 2.99. The van der Waals surface area contributed by atoms with E-state index in [9.17, 15) is 9.59 Å². The van der Waals surface area contributed by atoms with Crippen LogP contribution in [0.15, 0.2) is 18.3 Å². The Kier molecular flexibility index (Phi) is 4.92. The molecule has 1 aliphatic rings. The average Bonchev–Trinajstić information content (AvgIpc) is 2.87. The van der Waals surface area contributed by atoms with E-state index >= 15 is 0 Å². The first-order valence-electron chi connectivity index (χ1n) is 7.88. The zero-order valence-corrected chi connectivity index (χ0v) is 14.5. The number of hydrogen-bond acceptors (Lipinski definition) is 4. The van der Waals surface area contributed by atoms with Gasteiger partial charge in [-0.3, -0.25) is 9.59 Å². The lowest BCUT2D eigenvalue weighted by Crippen LogP contribution is -2.40. The van der Waals surface area contributed by atoms with Gasteiger partial charge in [0.05, 0.1) is 0 Å². The van der Waals surface area contributed by atoms with Gasteiger partial charge in [-0.05, 0) is 11.5 Å². The van der Waals surface area contributed by atoms with Gasteiger partial charge >= 0.3 is 0 Å². The summed E-state index contributed by atoms with van der Waals surface area (Å²) in [5.74, 6) is -0.210. The van der Waals surface area contributed by atoms with E-state index in [0.29, 0.717) is 13.1 Å². The fraction of sp³-hybridized carbons (Fsp3) is 0.588. The van der Waals surface area contributed by atoms with Crippen LogP contribution in [0.4, 0.5) is 5.82 Å². The molecule has 2 N–H and O–H groups in total. The summed E-state index contributed by atoms with van der Waals surface area (Å²) in [4.78, 5) is 30.9. The fourth-order valence-electron chi connectivity index (χ4n) is 2.99. The highest BCUT2D eigenvalue weighted by Crippen LogP contribution is 2.35. The number of aromatic nitrogens is 1. The van der Waals surface area contributed by atoms with E-state index in [4.69, 9.17) is 0 Å². The van der Waals surface area contributed by atoms with Gasteiger partial charge in [0.25, 0.3) is 0 Å². The second-order valence-electron chi connectivity index (χ2n) is 7.29. The molecule has 0 saturated carbocycles. The van der Waals surface area contributed by atoms with Crippen LogP contribution in [0, 0.1) is 17.3 Å². The smallest absolute Gasteiger partial charge is 0.233 e. The van der Waals surface area contributed by atoms with Crippen molar-refractivity contribution < 1.29 is 9.59 Å². The van der Waals surface area contributed by atoms with E-state index in [0.717, 1.165) is 11.4 Å². The number of pyridine rings is 1. The predicted molar refractivity (Wildman–Crippen MR) is 89.9 cm³/mol. The van der Waals surface area contributed by atoms with Gasteiger partial charge in [-0.2, -0.15) is 0 Å². The van der Waals surface area contributed by atoms with Crippen molar-refractivity contribution in [3.05, 3.63) is 23.9 Å². The van der Waals surface area contributed by atoms with Crippen LogP contribution in [0.25, 0.3) is 0 Å². The second kappa shape index (κ2) is 6.56. The maximum Gasteiger partial charge on any atom is 0.233 e. The van der Waals surface area contributed by atoms with Gasteiger partial charge in [-0.1, -0.05) is 26.8 Å². The Morgan fingerprint density at radius 3 is 2.74 bits per heavy atom. The third-order valence-corrected chi connectivity index (χ3v) is 4.32. The number of hydrogen-bond donors (Lipinski definition) is 2. The van der Waals surface area contributed by atoms with Gasteiger partial charge in [0.2, 0.25) is 11.8 Å². The summed E-state index contributed by atoms with van der Waals surface area (Å²) in [6.45, 7) is 7.09. The number of anilines is 1. The molecule has 6 heteroatoms. The molecule has 1 saturated heterocycles. The molecule has 2 atom stereocenters. The first kappa shape index (κ1) is 17.2. The molecule has 1 fully saturated rings. The van der Waals surface area contributed by atoms with E-state index in [2.05, 4.69) is 36.4 Å². The van der Waals surface area contributed by atoms with Gasteiger partial charge in [-0.25, -0.2) is 4.98 Å². The van der Waals surface area contributed by atoms with Crippen molar-refractivity contribution in [3.63, 3.8) is 0 Å². The number of amides is 2. The summed E-state index contributed by atoms with van der Waals surface area (Å²) in [6.07, 6.45) is 1.72. The Balaban J connectivity index is 2.09. The highest BCUT2D eigenvalue weighted by Gasteiger charge is 2.45. The lowest BCUT2D eigenvalue weighted by Gasteiger charge is -2.29. The van der Waals surface area contributed by atoms with E-state index in [1.165, 1.54) is 0 Å². The molecule has 23 heavy (non-hydrogen) atoms. The van der Waals surface area contributed by atoms with Crippen LogP contribution in [0.2, 0.25) is 0 Å². The lowest BCUT2D eigenvalue weighted by atomic mass is 9.74. The van der Waals surface area contributed by atoms with Crippen LogP contribution < -0.4 is 15.5 Å². The Morgan fingerprint density at radius 2 is 2.13 bits per heavy atom. The minimum Gasteiger partial charge on any atom is -0.362 e. The summed E-state index contributed by atoms with van der Waals surface area (Å²) in [5, 5.41) is 5.72. The summed E-state index contributed by atoms with van der Waals surface area (Å²) in [7, 11) is 3.82. The van der Waals surface area contributed by atoms with Crippen molar-refractivity contribution in [2.24, 2.45) is 17.3 Å². The Labute approximate surface area is 137 Å². The lowest BCUT2D eigenvalue weighted by molar-refractivity contribution is -0.135. The van der Waals surface area contributed by atoms with Gasteiger partial charge in [0, 0.05) is 44.9 Å². The first-order chi connectivity index (χ1) is 10.7. The van der Waals surface area contributed by atoms with Crippen molar-refractivity contribution in [3.8, 4) is 0 Å². The molecule has 1 aliphatic heterocycles. The van der Waals surface area contributed by atoms with Crippen LogP contribution in [-0.4, -0.2) is 37.4 Å². The minimum atomic E-state index is -0.630. The molecule has 1 aromatic rings. The SMILES string of the molecule is CN(C)c1ncccc1CNC(=O)C1C(=O)NCC1C(C)(C)C. The van der Waals surface area contributed by atoms with Crippen LogP contribution in [0.1, 0.15) is 26.3 Å². The van der Waals surface area contributed by atoms with Crippen LogP contribution in [-0.2, 0) is 16.1 Å². The number of carbonyl (C=O) groups is 2. The Hall–Kier alpha value is -2.11. The molecule has 2 heterocycles. The number of carbonyl (C=O) groups excluding carboxylic acids is 2. The molecule has 2 amide bonds. The zero-order valence-electron chi connectivity index (χ0n) is 14.5. The summed E-state index contributed by atoms with van der Waals surface area (Å²) in [6, 6.07) is 3.77. The molecular formula is C17H26N4O2. The monoisotopic (exact) mass is 318 g/mol. The topological polar surface area (TPSA) is 74.3 Å². The van der Waals surface area contributed by atoms with Crippen molar-refractivity contribution >= 4 is 17.6 Å². The van der Waals surface area contributed by atoms with Crippen LogP contribution in [0.3, 0.4) is 0 Å². The minimum absolute atomic E-state index is 0.00258. The molecule has 0 aliphatic carbocycles. The van der Waals surface area contributed by atoms with Gasteiger partial charge < -0.3 is 15.5 Å². The standard InChI is InChI=1S/C17H26N4O2/c1-17(2,3)12-10-20-16(23)13(12)15(22)19-9-11-7-6-8-18-14(11)21(4)5/h6-8,12-13H,9-10H2,1-5H3,(H,19,22)(H,20,23). The van der Waals surface area contributed by atoms with Crippen molar-refractivity contribution in [1.82, 2.24) is 15.6 Å². The zero-order chi connectivity index (χ0) is 17.2. The largest absolute Gasteiger partial charge is 0.362 e. The predicted octanol–water partition coefficient (Wildman–Crippen LogP) is 1.17. The van der Waals surface area contributed by atoms with E-state index < -0.39 is 5.92 Å². The van der Waals surface area contributed by atoms with Crippen molar-refractivity contribution in [2.75, 3.05) is 25.5 Å². The maximum absolute atomic E-state index is 12.6. The molecule has 0 radical (unpaired) electrons. The first-order valence-corrected chi connectivity index (χ1v) is 7.88. The maximum atomic E-state index is 12.6. The van der Waals surface area contributed by atoms with Gasteiger partial charge in [0.15, 0.2) is 0 Å². The number of nitrogens with one attached hydrogen (secondary N) is 2. The number of rotatable bonds is 4. The van der Waals surface area contributed by atoms with Gasteiger partial charge in [0.1, 0.15) is 11.7 Å². The average molecular weight is 318 g/mol. The van der Waals surface area contributed by atoms with E-state index in [1.54, 1.807) is 6.20 Å². The quantitative estimate of drug-likeness (QED) is 0.817. The van der Waals surface area contributed by atoms with Gasteiger partial charge in [-0.15, -0.1) is 0 Å². The summed E-state index contributed by atoms with van der Waals surface area (Å²) >= 11 is 0. The molecule has 6 nitrogen and oxygen atoms in total. The van der Waals surface area contributed by atoms with Crippen molar-refractivity contribution in [2.45, 2.75) is 27.3 Å². The molecule has 2 rings (SSSR count). The third-order valence-electron chi connectivity index (χ3n) is 4.32. The normalized spacial score (nSPS) is 21.0. The van der Waals surface area contributed by atoms with E-state index in [1.807, 2.05) is 31.1 Å². The van der Waals surface area contributed by atoms with Crippen molar-refractivity contribution in [1.29, 1.82) is 0 Å². The summed E-state index contributed by atoms with van der Waals surface area (Å²) < 4.78 is 0. The van der Waals surface area contributed by atoms with Crippen LogP contribution in [0.5, 0.6) is 0 Å². The molecule has 0 spiro atoms. The molecule has 2 unspecified atom stereocenters. The number of nitrogens with zero attached hydrogens (tertiary/aromatic N) is 2. The third kappa shape index (κ3) is 3.81. The molecule has 126 valence electrons.